The van der Waals surface area contributed by atoms with Gasteiger partial charge in [-0.15, -0.1) is 11.3 Å². The molecule has 104 valence electrons. The molecule has 1 aromatic rings. The van der Waals surface area contributed by atoms with E-state index in [1.54, 1.807) is 24.5 Å². The van der Waals surface area contributed by atoms with Crippen molar-refractivity contribution < 1.29 is 13.9 Å². The number of rotatable bonds is 2. The van der Waals surface area contributed by atoms with Crippen molar-refractivity contribution in [2.24, 2.45) is 10.9 Å². The van der Waals surface area contributed by atoms with Gasteiger partial charge in [0.05, 0.1) is 12.7 Å². The Morgan fingerprint density at radius 2 is 2.42 bits per heavy atom. The van der Waals surface area contributed by atoms with Crippen LogP contribution in [0.2, 0.25) is 0 Å². The fraction of sp³-hybridized carbons (Fsp3) is 0.692. The maximum Gasteiger partial charge on any atom is 0.181 e. The van der Waals surface area contributed by atoms with Crippen LogP contribution in [0, 0.1) is 5.92 Å². The van der Waals surface area contributed by atoms with Crippen LogP contribution in [-0.2, 0) is 15.0 Å². The summed E-state index contributed by atoms with van der Waals surface area (Å²) >= 11 is 1.55. The average molecular weight is 284 g/mol. The van der Waals surface area contributed by atoms with E-state index in [1.807, 2.05) is 12.3 Å². The van der Waals surface area contributed by atoms with Crippen molar-refractivity contribution >= 4 is 17.2 Å². The highest BCUT2D eigenvalue weighted by Crippen LogP contribution is 2.46. The van der Waals surface area contributed by atoms with Gasteiger partial charge in [-0.1, -0.05) is 0 Å². The summed E-state index contributed by atoms with van der Waals surface area (Å²) in [6, 6.07) is 0. The molecule has 4 nitrogen and oxygen atoms in total. The minimum absolute atomic E-state index is 0.0175. The highest BCUT2D eigenvalue weighted by molar-refractivity contribution is 7.09. The van der Waals surface area contributed by atoms with Gasteiger partial charge in [0.1, 0.15) is 23.3 Å². The SMILES string of the molecule is CC1=N[C@@]2(c3nccs3)CO[C@@H](C)C[C@H]2[C@@H](CF)O1. The first-order chi connectivity index (χ1) is 9.15. The second-order valence-electron chi connectivity index (χ2n) is 5.17. The molecule has 0 N–H and O–H groups in total. The highest BCUT2D eigenvalue weighted by atomic mass is 32.1. The van der Waals surface area contributed by atoms with E-state index in [0.717, 1.165) is 11.4 Å². The maximum absolute atomic E-state index is 13.3. The lowest BCUT2D eigenvalue weighted by atomic mass is 9.75. The number of hydrogen-bond acceptors (Lipinski definition) is 5. The Labute approximate surface area is 115 Å². The third kappa shape index (κ3) is 2.07. The standard InChI is InChI=1S/C13H17FN2O2S/c1-8-5-10-11(6-14)18-9(2)16-13(10,7-17-8)12-15-3-4-19-12/h3-4,8,10-11H,5-7H2,1-2H3/t8-,10-,11+,13-/m0/s1. The maximum atomic E-state index is 13.3. The first-order valence-electron chi connectivity index (χ1n) is 6.46. The van der Waals surface area contributed by atoms with Crippen molar-refractivity contribution in [3.63, 3.8) is 0 Å². The van der Waals surface area contributed by atoms with Crippen molar-refractivity contribution in [2.75, 3.05) is 13.3 Å². The molecule has 0 aromatic carbocycles. The van der Waals surface area contributed by atoms with Gasteiger partial charge < -0.3 is 9.47 Å². The van der Waals surface area contributed by atoms with Gasteiger partial charge >= 0.3 is 0 Å². The van der Waals surface area contributed by atoms with Crippen LogP contribution >= 0.6 is 11.3 Å². The van der Waals surface area contributed by atoms with E-state index in [1.165, 1.54) is 0 Å². The third-order valence-electron chi connectivity index (χ3n) is 3.87. The van der Waals surface area contributed by atoms with Gasteiger partial charge in [-0.2, -0.15) is 0 Å². The predicted molar refractivity (Wildman–Crippen MR) is 71.3 cm³/mol. The molecule has 0 bridgehead atoms. The van der Waals surface area contributed by atoms with E-state index in [2.05, 4.69) is 9.98 Å². The zero-order valence-electron chi connectivity index (χ0n) is 11.0. The van der Waals surface area contributed by atoms with Crippen molar-refractivity contribution in [3.05, 3.63) is 16.6 Å². The summed E-state index contributed by atoms with van der Waals surface area (Å²) < 4.78 is 24.7. The Morgan fingerprint density at radius 3 is 3.11 bits per heavy atom. The highest BCUT2D eigenvalue weighted by Gasteiger charge is 2.53. The number of ether oxygens (including phenoxy) is 2. The molecule has 1 fully saturated rings. The van der Waals surface area contributed by atoms with Crippen molar-refractivity contribution in [2.45, 2.75) is 38.0 Å². The summed E-state index contributed by atoms with van der Waals surface area (Å²) in [5.74, 6) is 0.503. The molecule has 2 aliphatic heterocycles. The van der Waals surface area contributed by atoms with Crippen LogP contribution in [0.25, 0.3) is 0 Å². The number of aliphatic imine (C=N–C) groups is 1. The van der Waals surface area contributed by atoms with Gasteiger partial charge in [-0.25, -0.2) is 14.4 Å². The molecule has 1 saturated heterocycles. The minimum atomic E-state index is -0.570. The van der Waals surface area contributed by atoms with Crippen LogP contribution in [0.1, 0.15) is 25.3 Å². The number of hydrogen-bond donors (Lipinski definition) is 0. The Kier molecular flexibility index (Phi) is 3.30. The first kappa shape index (κ1) is 13.0. The van der Waals surface area contributed by atoms with Crippen LogP contribution in [-0.4, -0.2) is 36.4 Å². The van der Waals surface area contributed by atoms with E-state index in [4.69, 9.17) is 9.47 Å². The molecule has 0 amide bonds. The normalized spacial score (nSPS) is 38.3. The zero-order valence-corrected chi connectivity index (χ0v) is 11.8. The summed E-state index contributed by atoms with van der Waals surface area (Å²) in [6.07, 6.45) is 2.15. The molecule has 3 rings (SSSR count). The van der Waals surface area contributed by atoms with E-state index in [-0.39, 0.29) is 12.0 Å². The van der Waals surface area contributed by atoms with Crippen LogP contribution in [0.4, 0.5) is 4.39 Å². The molecule has 1 aromatic heterocycles. The third-order valence-corrected chi connectivity index (χ3v) is 4.81. The van der Waals surface area contributed by atoms with Crippen LogP contribution in [0.15, 0.2) is 16.6 Å². The zero-order chi connectivity index (χ0) is 13.5. The lowest BCUT2D eigenvalue weighted by Gasteiger charge is -2.47. The Morgan fingerprint density at radius 1 is 1.58 bits per heavy atom. The fourth-order valence-corrected chi connectivity index (χ4v) is 3.86. The molecule has 0 unspecified atom stereocenters. The fourth-order valence-electron chi connectivity index (χ4n) is 3.02. The molecule has 0 aliphatic carbocycles. The Hall–Kier alpha value is -1.01. The monoisotopic (exact) mass is 284 g/mol. The largest absolute Gasteiger partial charge is 0.475 e. The predicted octanol–water partition coefficient (Wildman–Crippen LogP) is 2.55. The lowest BCUT2D eigenvalue weighted by molar-refractivity contribution is -0.101. The van der Waals surface area contributed by atoms with Gasteiger partial charge in [0.25, 0.3) is 0 Å². The smallest absolute Gasteiger partial charge is 0.181 e. The van der Waals surface area contributed by atoms with Crippen molar-refractivity contribution in [1.29, 1.82) is 0 Å². The van der Waals surface area contributed by atoms with Gasteiger partial charge in [-0.3, -0.25) is 0 Å². The van der Waals surface area contributed by atoms with Crippen molar-refractivity contribution in [3.8, 4) is 0 Å². The second kappa shape index (κ2) is 4.83. The summed E-state index contributed by atoms with van der Waals surface area (Å²) in [4.78, 5) is 9.06. The summed E-state index contributed by atoms with van der Waals surface area (Å²) in [6.45, 7) is 3.72. The molecular weight excluding hydrogens is 267 g/mol. The van der Waals surface area contributed by atoms with Crippen LogP contribution in [0.5, 0.6) is 0 Å². The average Bonchev–Trinajstić information content (AvgIpc) is 2.93. The second-order valence-corrected chi connectivity index (χ2v) is 6.06. The van der Waals surface area contributed by atoms with Gasteiger partial charge in [0.2, 0.25) is 0 Å². The topological polar surface area (TPSA) is 43.7 Å². The van der Waals surface area contributed by atoms with E-state index < -0.39 is 18.3 Å². The molecule has 19 heavy (non-hydrogen) atoms. The molecule has 2 aliphatic rings. The lowest BCUT2D eigenvalue weighted by Crippen LogP contribution is -2.54. The van der Waals surface area contributed by atoms with Crippen LogP contribution in [0.3, 0.4) is 0 Å². The number of fused-ring (bicyclic) bond motifs is 1. The quantitative estimate of drug-likeness (QED) is 0.838. The van der Waals surface area contributed by atoms with E-state index in [0.29, 0.717) is 12.5 Å². The Balaban J connectivity index is 2.07. The number of halogens is 1. The molecule has 4 atom stereocenters. The molecule has 0 saturated carbocycles. The molecule has 3 heterocycles. The summed E-state index contributed by atoms with van der Waals surface area (Å²) in [7, 11) is 0. The van der Waals surface area contributed by atoms with Crippen molar-refractivity contribution in [1.82, 2.24) is 4.98 Å². The number of aromatic nitrogens is 1. The van der Waals surface area contributed by atoms with Gasteiger partial charge in [-0.05, 0) is 13.3 Å². The summed E-state index contributed by atoms with van der Waals surface area (Å²) in [5.41, 5.74) is -0.570. The molecular formula is C13H17FN2O2S. The van der Waals surface area contributed by atoms with Crippen LogP contribution < -0.4 is 0 Å². The molecule has 6 heteroatoms. The first-order valence-corrected chi connectivity index (χ1v) is 7.34. The van der Waals surface area contributed by atoms with E-state index >= 15 is 0 Å². The molecule has 0 radical (unpaired) electrons. The van der Waals surface area contributed by atoms with Gasteiger partial charge in [0, 0.05) is 24.4 Å². The number of alkyl halides is 1. The summed E-state index contributed by atoms with van der Waals surface area (Å²) in [5, 5.41) is 2.81. The number of nitrogens with zero attached hydrogens (tertiary/aromatic N) is 2. The Bertz CT molecular complexity index is 479. The number of thiazole rings is 1. The van der Waals surface area contributed by atoms with E-state index in [9.17, 15) is 4.39 Å². The van der Waals surface area contributed by atoms with Gasteiger partial charge in [0.15, 0.2) is 5.90 Å². The molecule has 0 spiro atoms. The minimum Gasteiger partial charge on any atom is -0.475 e.